The molecule has 0 saturated heterocycles. The van der Waals surface area contributed by atoms with Crippen LogP contribution in [0.15, 0.2) is 36.4 Å². The van der Waals surface area contributed by atoms with E-state index in [1.807, 2.05) is 50.2 Å². The van der Waals surface area contributed by atoms with E-state index in [4.69, 9.17) is 5.73 Å². The van der Waals surface area contributed by atoms with Crippen molar-refractivity contribution in [2.45, 2.75) is 26.7 Å². The minimum Gasteiger partial charge on any atom is -0.399 e. The normalized spacial score (nSPS) is 10.4. The molecule has 0 atom stereocenters. The Morgan fingerprint density at radius 3 is 2.42 bits per heavy atom. The summed E-state index contributed by atoms with van der Waals surface area (Å²) in [5.41, 5.74) is 12.5. The van der Waals surface area contributed by atoms with E-state index in [1.54, 1.807) is 4.68 Å². The molecule has 1 amide bonds. The van der Waals surface area contributed by atoms with Crippen molar-refractivity contribution in [1.29, 1.82) is 0 Å². The first kappa shape index (κ1) is 13.2. The quantitative estimate of drug-likeness (QED) is 0.826. The Balaban J connectivity index is 1.94. The van der Waals surface area contributed by atoms with Crippen LogP contribution in [0.25, 0.3) is 0 Å². The summed E-state index contributed by atoms with van der Waals surface area (Å²) in [5.74, 6) is -0.00865. The van der Waals surface area contributed by atoms with Gasteiger partial charge in [-0.2, -0.15) is 0 Å². The first-order valence-electron chi connectivity index (χ1n) is 6.36. The van der Waals surface area contributed by atoms with Gasteiger partial charge in [0.2, 0.25) is 5.91 Å². The number of aromatic nitrogens is 1. The Morgan fingerprint density at radius 1 is 1.16 bits per heavy atom. The summed E-state index contributed by atoms with van der Waals surface area (Å²) in [6, 6.07) is 11.6. The Kier molecular flexibility index (Phi) is 3.90. The third-order valence-electron chi connectivity index (χ3n) is 3.18. The Labute approximate surface area is 113 Å². The zero-order valence-corrected chi connectivity index (χ0v) is 11.3. The van der Waals surface area contributed by atoms with Gasteiger partial charge in [-0.05, 0) is 44.0 Å². The molecule has 0 spiro atoms. The number of hydrogen-bond acceptors (Lipinski definition) is 2. The van der Waals surface area contributed by atoms with Gasteiger partial charge in [0.15, 0.2) is 0 Å². The lowest BCUT2D eigenvalue weighted by Gasteiger charge is -2.11. The summed E-state index contributed by atoms with van der Waals surface area (Å²) in [6.07, 6.45) is 1.07. The molecular formula is C15H19N3O. The second-order valence-electron chi connectivity index (χ2n) is 4.69. The number of para-hydroxylation sites is 1. The smallest absolute Gasteiger partial charge is 0.239 e. The number of anilines is 1. The second-order valence-corrected chi connectivity index (χ2v) is 4.69. The molecule has 0 aliphatic carbocycles. The molecule has 19 heavy (non-hydrogen) atoms. The van der Waals surface area contributed by atoms with Gasteiger partial charge in [-0.1, -0.05) is 18.2 Å². The standard InChI is InChI=1S/C15H19N3O/c1-11-7-8-12(2)18(11)17-15(19)10-9-13-5-3-4-6-14(13)16/h3-8H,9-10,16H2,1-2H3,(H,17,19). The van der Waals surface area contributed by atoms with Crippen molar-refractivity contribution in [1.82, 2.24) is 4.68 Å². The van der Waals surface area contributed by atoms with Crippen molar-refractivity contribution < 1.29 is 4.79 Å². The predicted molar refractivity (Wildman–Crippen MR) is 77.4 cm³/mol. The van der Waals surface area contributed by atoms with Gasteiger partial charge in [-0.25, -0.2) is 0 Å². The van der Waals surface area contributed by atoms with Crippen LogP contribution in [0.3, 0.4) is 0 Å². The number of nitrogens with two attached hydrogens (primary N) is 1. The highest BCUT2D eigenvalue weighted by Crippen LogP contribution is 2.13. The fraction of sp³-hybridized carbons (Fsp3) is 0.267. The Morgan fingerprint density at radius 2 is 1.79 bits per heavy atom. The van der Waals surface area contributed by atoms with Crippen LogP contribution >= 0.6 is 0 Å². The maximum atomic E-state index is 11.9. The summed E-state index contributed by atoms with van der Waals surface area (Å²) in [4.78, 5) is 11.9. The van der Waals surface area contributed by atoms with E-state index in [9.17, 15) is 4.79 Å². The van der Waals surface area contributed by atoms with Gasteiger partial charge in [-0.15, -0.1) is 0 Å². The van der Waals surface area contributed by atoms with Crippen molar-refractivity contribution >= 4 is 11.6 Å². The van der Waals surface area contributed by atoms with Crippen LogP contribution in [0.2, 0.25) is 0 Å². The summed E-state index contributed by atoms with van der Waals surface area (Å²) in [5, 5.41) is 0. The van der Waals surface area contributed by atoms with E-state index in [2.05, 4.69) is 5.43 Å². The third-order valence-corrected chi connectivity index (χ3v) is 3.18. The Hall–Kier alpha value is -2.23. The van der Waals surface area contributed by atoms with Crippen LogP contribution in [0.4, 0.5) is 5.69 Å². The Bertz CT molecular complexity index is 567. The lowest BCUT2D eigenvalue weighted by molar-refractivity contribution is -0.117. The molecule has 4 heteroatoms. The van der Waals surface area contributed by atoms with Gasteiger partial charge in [0.25, 0.3) is 0 Å². The lowest BCUT2D eigenvalue weighted by atomic mass is 10.1. The number of aryl methyl sites for hydroxylation is 3. The highest BCUT2D eigenvalue weighted by molar-refractivity contribution is 5.84. The van der Waals surface area contributed by atoms with Crippen molar-refractivity contribution in [3.8, 4) is 0 Å². The molecule has 0 radical (unpaired) electrons. The number of carbonyl (C=O) groups is 1. The summed E-state index contributed by atoms with van der Waals surface area (Å²) in [6.45, 7) is 3.92. The van der Waals surface area contributed by atoms with Gasteiger partial charge >= 0.3 is 0 Å². The summed E-state index contributed by atoms with van der Waals surface area (Å²) >= 11 is 0. The number of nitrogen functional groups attached to an aromatic ring is 1. The average molecular weight is 257 g/mol. The number of benzene rings is 1. The molecule has 0 aliphatic rings. The number of nitrogens with one attached hydrogen (secondary N) is 1. The zero-order chi connectivity index (χ0) is 13.8. The van der Waals surface area contributed by atoms with E-state index in [0.717, 1.165) is 22.6 Å². The van der Waals surface area contributed by atoms with Crippen LogP contribution in [0.1, 0.15) is 23.4 Å². The minimum atomic E-state index is -0.00865. The van der Waals surface area contributed by atoms with Crippen molar-refractivity contribution in [2.75, 3.05) is 11.2 Å². The van der Waals surface area contributed by atoms with Crippen LogP contribution < -0.4 is 11.2 Å². The van der Waals surface area contributed by atoms with E-state index in [-0.39, 0.29) is 5.91 Å². The number of nitrogens with zero attached hydrogens (tertiary/aromatic N) is 1. The molecule has 0 fully saturated rings. The van der Waals surface area contributed by atoms with Gasteiger partial charge in [-0.3, -0.25) is 14.9 Å². The van der Waals surface area contributed by atoms with Crippen molar-refractivity contribution in [3.63, 3.8) is 0 Å². The fourth-order valence-corrected chi connectivity index (χ4v) is 2.04. The molecule has 0 bridgehead atoms. The van der Waals surface area contributed by atoms with Gasteiger partial charge in [0.1, 0.15) is 0 Å². The van der Waals surface area contributed by atoms with E-state index < -0.39 is 0 Å². The van der Waals surface area contributed by atoms with E-state index in [0.29, 0.717) is 12.8 Å². The SMILES string of the molecule is Cc1ccc(C)n1NC(=O)CCc1ccccc1N. The molecule has 1 aromatic heterocycles. The summed E-state index contributed by atoms with van der Waals surface area (Å²) < 4.78 is 1.80. The minimum absolute atomic E-state index is 0.00865. The second kappa shape index (κ2) is 5.61. The number of hydrogen-bond donors (Lipinski definition) is 2. The number of amides is 1. The maximum absolute atomic E-state index is 11.9. The van der Waals surface area contributed by atoms with Crippen molar-refractivity contribution in [3.05, 3.63) is 53.3 Å². The van der Waals surface area contributed by atoms with Gasteiger partial charge < -0.3 is 5.73 Å². The van der Waals surface area contributed by atoms with E-state index in [1.165, 1.54) is 0 Å². The molecular weight excluding hydrogens is 238 g/mol. The molecule has 4 nitrogen and oxygen atoms in total. The lowest BCUT2D eigenvalue weighted by Crippen LogP contribution is -2.24. The first-order chi connectivity index (χ1) is 9.08. The summed E-state index contributed by atoms with van der Waals surface area (Å²) in [7, 11) is 0. The van der Waals surface area contributed by atoms with Crippen LogP contribution in [-0.2, 0) is 11.2 Å². The molecule has 0 unspecified atom stereocenters. The first-order valence-corrected chi connectivity index (χ1v) is 6.36. The largest absolute Gasteiger partial charge is 0.399 e. The fourth-order valence-electron chi connectivity index (χ4n) is 2.04. The molecule has 1 heterocycles. The highest BCUT2D eigenvalue weighted by Gasteiger charge is 2.07. The van der Waals surface area contributed by atoms with Crippen LogP contribution in [0.5, 0.6) is 0 Å². The maximum Gasteiger partial charge on any atom is 0.239 e. The molecule has 0 saturated carbocycles. The van der Waals surface area contributed by atoms with Crippen LogP contribution in [-0.4, -0.2) is 10.6 Å². The van der Waals surface area contributed by atoms with E-state index >= 15 is 0 Å². The molecule has 1 aromatic carbocycles. The monoisotopic (exact) mass is 257 g/mol. The topological polar surface area (TPSA) is 60.0 Å². The van der Waals surface area contributed by atoms with Crippen molar-refractivity contribution in [2.24, 2.45) is 0 Å². The zero-order valence-electron chi connectivity index (χ0n) is 11.3. The third kappa shape index (κ3) is 3.16. The van der Waals surface area contributed by atoms with Crippen LogP contribution in [0, 0.1) is 13.8 Å². The average Bonchev–Trinajstić information content (AvgIpc) is 2.70. The molecule has 100 valence electrons. The molecule has 0 aliphatic heterocycles. The predicted octanol–water partition coefficient (Wildman–Crippen LogP) is 2.39. The molecule has 2 rings (SSSR count). The molecule has 3 N–H and O–H groups in total. The van der Waals surface area contributed by atoms with Gasteiger partial charge in [0.05, 0.1) is 0 Å². The highest BCUT2D eigenvalue weighted by atomic mass is 16.2. The number of rotatable bonds is 4. The molecule has 2 aromatic rings. The van der Waals surface area contributed by atoms with Gasteiger partial charge in [0, 0.05) is 23.5 Å². The number of carbonyl (C=O) groups excluding carboxylic acids is 1.